The summed E-state index contributed by atoms with van der Waals surface area (Å²) >= 11 is 0. The Labute approximate surface area is 168 Å². The number of halogens is 4. The number of ether oxygens (including phenoxy) is 1. The quantitative estimate of drug-likeness (QED) is 0.411. The summed E-state index contributed by atoms with van der Waals surface area (Å²) in [5.41, 5.74) is 0. The molecule has 3 aliphatic carbocycles. The molecule has 0 heterocycles. The molecule has 3 unspecified atom stereocenters. The van der Waals surface area contributed by atoms with Crippen LogP contribution in [0, 0.1) is 29.6 Å². The van der Waals surface area contributed by atoms with Gasteiger partial charge in [-0.05, 0) is 100 Å². The van der Waals surface area contributed by atoms with Crippen molar-refractivity contribution in [1.82, 2.24) is 0 Å². The summed E-state index contributed by atoms with van der Waals surface area (Å²) in [5, 5.41) is 0. The van der Waals surface area contributed by atoms with E-state index < -0.39 is 18.6 Å². The van der Waals surface area contributed by atoms with E-state index in [2.05, 4.69) is 11.7 Å². The maximum Gasteiger partial charge on any atom is 0.522 e. The van der Waals surface area contributed by atoms with Gasteiger partial charge in [0, 0.05) is 0 Å². The van der Waals surface area contributed by atoms with Crippen LogP contribution in [0.5, 0.6) is 0 Å². The monoisotopic (exact) mass is 404 g/mol. The molecule has 5 heteroatoms. The molecular weight excluding hydrogens is 368 g/mol. The molecule has 1 nitrogen and oxygen atoms in total. The van der Waals surface area contributed by atoms with E-state index >= 15 is 0 Å². The van der Waals surface area contributed by atoms with Crippen LogP contribution in [0.1, 0.15) is 96.8 Å². The van der Waals surface area contributed by atoms with E-state index in [-0.39, 0.29) is 18.8 Å². The number of rotatable bonds is 6. The largest absolute Gasteiger partial charge is 0.522 e. The molecule has 3 rings (SSSR count). The number of alkyl halides is 4. The first-order valence-corrected chi connectivity index (χ1v) is 11.4. The Kier molecular flexibility index (Phi) is 8.09. The number of unbranched alkanes of at least 4 members (excludes halogenated alkanes) is 1. The SMILES string of the molecule is CCCCC1CC[C](C2CC[C](C3CCC(OC(F)(F)F)C(F)C3)CC2)CC1. The molecule has 0 spiro atoms. The topological polar surface area (TPSA) is 9.23 Å². The van der Waals surface area contributed by atoms with Crippen LogP contribution in [0.2, 0.25) is 0 Å². The molecule has 28 heavy (non-hydrogen) atoms. The second kappa shape index (κ2) is 10.1. The van der Waals surface area contributed by atoms with Crippen LogP contribution in [0.25, 0.3) is 0 Å². The van der Waals surface area contributed by atoms with Crippen LogP contribution in [0.4, 0.5) is 17.6 Å². The smallest absolute Gasteiger partial charge is 0.286 e. The Morgan fingerprint density at radius 1 is 0.857 bits per heavy atom. The molecule has 3 aliphatic rings. The first kappa shape index (κ1) is 22.4. The van der Waals surface area contributed by atoms with E-state index in [1.54, 1.807) is 5.92 Å². The van der Waals surface area contributed by atoms with Gasteiger partial charge < -0.3 is 0 Å². The molecule has 0 aliphatic heterocycles. The Bertz CT molecular complexity index is 450. The first-order valence-electron chi connectivity index (χ1n) is 11.4. The van der Waals surface area contributed by atoms with E-state index in [9.17, 15) is 17.6 Å². The van der Waals surface area contributed by atoms with Gasteiger partial charge in [0.15, 0.2) is 0 Å². The molecule has 0 saturated heterocycles. The van der Waals surface area contributed by atoms with E-state index in [1.807, 2.05) is 0 Å². The van der Waals surface area contributed by atoms with Gasteiger partial charge >= 0.3 is 6.36 Å². The molecule has 3 saturated carbocycles. The molecule has 0 aromatic heterocycles. The van der Waals surface area contributed by atoms with Crippen molar-refractivity contribution in [1.29, 1.82) is 0 Å². The first-order chi connectivity index (χ1) is 13.4. The predicted molar refractivity (Wildman–Crippen MR) is 103 cm³/mol. The number of hydrogen-bond acceptors (Lipinski definition) is 1. The van der Waals surface area contributed by atoms with Gasteiger partial charge in [-0.15, -0.1) is 13.2 Å². The summed E-state index contributed by atoms with van der Waals surface area (Å²) in [6.07, 6.45) is 7.20. The summed E-state index contributed by atoms with van der Waals surface area (Å²) in [4.78, 5) is 0. The fourth-order valence-electron chi connectivity index (χ4n) is 5.81. The zero-order valence-corrected chi connectivity index (χ0v) is 17.2. The van der Waals surface area contributed by atoms with Crippen LogP contribution in [0.3, 0.4) is 0 Å². The van der Waals surface area contributed by atoms with Crippen molar-refractivity contribution in [3.05, 3.63) is 11.8 Å². The van der Waals surface area contributed by atoms with E-state index in [0.717, 1.165) is 24.7 Å². The molecule has 0 N–H and O–H groups in total. The third-order valence-electron chi connectivity index (χ3n) is 7.49. The van der Waals surface area contributed by atoms with Gasteiger partial charge in [-0.3, -0.25) is 4.74 Å². The van der Waals surface area contributed by atoms with E-state index in [4.69, 9.17) is 0 Å². The zero-order chi connectivity index (χ0) is 20.1. The normalized spacial score (nSPS) is 32.7. The standard InChI is InChI=1S/C23H36F4O/c1-2-3-4-16-5-7-17(8-6-16)18-9-11-19(12-10-18)20-13-14-22(21(24)15-20)28-23(25,26)27/h16,18,20-22H,2-15H2,1H3. The van der Waals surface area contributed by atoms with Crippen LogP contribution in [-0.4, -0.2) is 18.6 Å². The number of hydrogen-bond donors (Lipinski definition) is 0. The van der Waals surface area contributed by atoms with Gasteiger partial charge in [0.05, 0.1) is 6.10 Å². The molecule has 0 bridgehead atoms. The lowest BCUT2D eigenvalue weighted by atomic mass is 9.65. The maximum atomic E-state index is 14.2. The zero-order valence-electron chi connectivity index (χ0n) is 17.2. The second-order valence-corrected chi connectivity index (χ2v) is 9.30. The van der Waals surface area contributed by atoms with Crippen molar-refractivity contribution in [3.8, 4) is 0 Å². The average molecular weight is 405 g/mol. The highest BCUT2D eigenvalue weighted by Gasteiger charge is 2.42. The minimum atomic E-state index is -4.74. The fraction of sp³-hybridized carbons (Fsp3) is 0.913. The van der Waals surface area contributed by atoms with Gasteiger partial charge in [-0.25, -0.2) is 4.39 Å². The molecule has 0 amide bonds. The third kappa shape index (κ3) is 6.34. The predicted octanol–water partition coefficient (Wildman–Crippen LogP) is 7.75. The van der Waals surface area contributed by atoms with Crippen LogP contribution in [-0.2, 0) is 4.74 Å². The minimum absolute atomic E-state index is 0.152. The lowest BCUT2D eigenvalue weighted by Crippen LogP contribution is -2.39. The highest BCUT2D eigenvalue weighted by Crippen LogP contribution is 2.48. The summed E-state index contributed by atoms with van der Waals surface area (Å²) in [5.74, 6) is 4.96. The molecule has 162 valence electrons. The van der Waals surface area contributed by atoms with Gasteiger partial charge in [0.2, 0.25) is 0 Å². The Morgan fingerprint density at radius 3 is 2.04 bits per heavy atom. The summed E-state index contributed by atoms with van der Waals surface area (Å²) in [7, 11) is 0. The summed E-state index contributed by atoms with van der Waals surface area (Å²) < 4.78 is 55.3. The summed E-state index contributed by atoms with van der Waals surface area (Å²) in [6.45, 7) is 2.26. The molecule has 3 atom stereocenters. The molecule has 2 radical (unpaired) electrons. The Balaban J connectivity index is 1.38. The lowest BCUT2D eigenvalue weighted by Gasteiger charge is -2.41. The lowest BCUT2D eigenvalue weighted by molar-refractivity contribution is -0.351. The Hall–Kier alpha value is -0.320. The highest BCUT2D eigenvalue weighted by molar-refractivity contribution is 5.09. The van der Waals surface area contributed by atoms with Crippen molar-refractivity contribution < 1.29 is 22.3 Å². The van der Waals surface area contributed by atoms with Crippen molar-refractivity contribution in [2.45, 2.75) is 115 Å². The Morgan fingerprint density at radius 2 is 1.46 bits per heavy atom. The van der Waals surface area contributed by atoms with E-state index in [1.165, 1.54) is 63.7 Å². The molecule has 3 fully saturated rings. The van der Waals surface area contributed by atoms with Crippen LogP contribution in [0.15, 0.2) is 0 Å². The van der Waals surface area contributed by atoms with Crippen LogP contribution >= 0.6 is 0 Å². The second-order valence-electron chi connectivity index (χ2n) is 9.30. The molecule has 0 aromatic rings. The highest BCUT2D eigenvalue weighted by atomic mass is 19.4. The van der Waals surface area contributed by atoms with Crippen molar-refractivity contribution in [2.24, 2.45) is 17.8 Å². The van der Waals surface area contributed by atoms with Gasteiger partial charge in [0.25, 0.3) is 0 Å². The van der Waals surface area contributed by atoms with Gasteiger partial charge in [0.1, 0.15) is 6.17 Å². The summed E-state index contributed by atoms with van der Waals surface area (Å²) in [6, 6.07) is 0. The van der Waals surface area contributed by atoms with Crippen LogP contribution < -0.4 is 0 Å². The van der Waals surface area contributed by atoms with Crippen molar-refractivity contribution in [2.75, 3.05) is 0 Å². The average Bonchev–Trinajstić information content (AvgIpc) is 2.67. The van der Waals surface area contributed by atoms with Gasteiger partial charge in [-0.1, -0.05) is 26.2 Å². The van der Waals surface area contributed by atoms with Gasteiger partial charge in [-0.2, -0.15) is 0 Å². The van der Waals surface area contributed by atoms with E-state index in [0.29, 0.717) is 6.42 Å². The van der Waals surface area contributed by atoms with Crippen molar-refractivity contribution in [3.63, 3.8) is 0 Å². The minimum Gasteiger partial charge on any atom is -0.286 e. The van der Waals surface area contributed by atoms with Crippen molar-refractivity contribution >= 4 is 0 Å². The maximum absolute atomic E-state index is 14.2. The fourth-order valence-corrected chi connectivity index (χ4v) is 5.81. The third-order valence-corrected chi connectivity index (χ3v) is 7.49. The molecular formula is C23H36F4O. The molecule has 0 aromatic carbocycles.